The number of nitrogens with one attached hydrogen (secondary N) is 1. The topological polar surface area (TPSA) is 66.5 Å². The van der Waals surface area contributed by atoms with E-state index >= 15 is 0 Å². The predicted molar refractivity (Wildman–Crippen MR) is 67.3 cm³/mol. The molecular formula is C14H14N2O3. The van der Waals surface area contributed by atoms with Gasteiger partial charge in [0.2, 0.25) is 11.8 Å². The molecule has 5 nitrogen and oxygen atoms in total. The van der Waals surface area contributed by atoms with Crippen LogP contribution < -0.4 is 5.32 Å². The molecule has 5 heteroatoms. The summed E-state index contributed by atoms with van der Waals surface area (Å²) in [6.07, 6.45) is 2.05. The molecule has 3 rings (SSSR count). The third-order valence-corrected chi connectivity index (χ3v) is 3.73. The zero-order valence-electron chi connectivity index (χ0n) is 10.4. The molecular weight excluding hydrogens is 244 g/mol. The van der Waals surface area contributed by atoms with Crippen LogP contribution in [0.2, 0.25) is 0 Å². The van der Waals surface area contributed by atoms with Gasteiger partial charge < -0.3 is 0 Å². The van der Waals surface area contributed by atoms with Crippen LogP contribution >= 0.6 is 0 Å². The van der Waals surface area contributed by atoms with Gasteiger partial charge in [0, 0.05) is 6.04 Å². The Morgan fingerprint density at radius 1 is 1.11 bits per heavy atom. The smallest absolute Gasteiger partial charge is 0.277 e. The Hall–Kier alpha value is -2.17. The molecule has 1 unspecified atom stereocenters. The summed E-state index contributed by atoms with van der Waals surface area (Å²) < 4.78 is 0. The molecule has 1 aliphatic carbocycles. The van der Waals surface area contributed by atoms with Crippen LogP contribution in [-0.4, -0.2) is 28.8 Å². The molecule has 2 aliphatic rings. The number of benzene rings is 1. The van der Waals surface area contributed by atoms with Gasteiger partial charge in [-0.05, 0) is 30.4 Å². The van der Waals surface area contributed by atoms with Gasteiger partial charge in [0.15, 0.2) is 0 Å². The first-order valence-electron chi connectivity index (χ1n) is 6.38. The number of hydrogen-bond donors (Lipinski definition) is 1. The molecule has 1 saturated heterocycles. The fourth-order valence-electron chi connectivity index (χ4n) is 2.83. The lowest BCUT2D eigenvalue weighted by Crippen LogP contribution is -2.57. The predicted octanol–water partition coefficient (Wildman–Crippen LogP) is 1.01. The zero-order valence-corrected chi connectivity index (χ0v) is 10.4. The van der Waals surface area contributed by atoms with Gasteiger partial charge in [0.1, 0.15) is 6.42 Å². The maximum absolute atomic E-state index is 11.9. The number of aryl methyl sites for hydroxylation is 1. The van der Waals surface area contributed by atoms with Crippen molar-refractivity contribution < 1.29 is 14.4 Å². The SMILES string of the molecule is O=C1CC(=O)N(C2CCc3ccccc3C2)C(=O)N1. The second-order valence-corrected chi connectivity index (χ2v) is 4.96. The Bertz CT molecular complexity index is 548. The van der Waals surface area contributed by atoms with Crippen molar-refractivity contribution in [1.29, 1.82) is 0 Å². The summed E-state index contributed by atoms with van der Waals surface area (Å²) in [5.41, 5.74) is 2.45. The molecule has 1 atom stereocenters. The highest BCUT2D eigenvalue weighted by Crippen LogP contribution is 2.25. The van der Waals surface area contributed by atoms with Gasteiger partial charge in [-0.1, -0.05) is 24.3 Å². The highest BCUT2D eigenvalue weighted by atomic mass is 16.2. The Morgan fingerprint density at radius 3 is 2.58 bits per heavy atom. The van der Waals surface area contributed by atoms with Crippen molar-refractivity contribution in [1.82, 2.24) is 10.2 Å². The Labute approximate surface area is 110 Å². The summed E-state index contributed by atoms with van der Waals surface area (Å²) >= 11 is 0. The minimum atomic E-state index is -0.578. The Kier molecular flexibility index (Phi) is 2.81. The maximum Gasteiger partial charge on any atom is 0.331 e. The van der Waals surface area contributed by atoms with Crippen LogP contribution in [0, 0.1) is 0 Å². The van der Waals surface area contributed by atoms with Gasteiger partial charge in [0.05, 0.1) is 0 Å². The highest BCUT2D eigenvalue weighted by molar-refractivity contribution is 6.14. The Morgan fingerprint density at radius 2 is 1.84 bits per heavy atom. The summed E-state index contributed by atoms with van der Waals surface area (Å²) in [5.74, 6) is -0.902. The van der Waals surface area contributed by atoms with Crippen LogP contribution in [-0.2, 0) is 22.4 Å². The molecule has 1 N–H and O–H groups in total. The summed E-state index contributed by atoms with van der Waals surface area (Å²) in [5, 5.41) is 2.21. The summed E-state index contributed by atoms with van der Waals surface area (Å²) in [6.45, 7) is 0. The van der Waals surface area contributed by atoms with Crippen molar-refractivity contribution in [3.63, 3.8) is 0 Å². The van der Waals surface area contributed by atoms with E-state index in [2.05, 4.69) is 11.4 Å². The number of imide groups is 2. The van der Waals surface area contributed by atoms with Crippen molar-refractivity contribution in [3.8, 4) is 0 Å². The standard InChI is InChI=1S/C14H14N2O3/c17-12-8-13(18)16(14(19)15-12)11-6-5-9-3-1-2-4-10(9)7-11/h1-4,11H,5-8H2,(H,15,17,19). The monoisotopic (exact) mass is 258 g/mol. The van der Waals surface area contributed by atoms with Crippen LogP contribution in [0.1, 0.15) is 24.0 Å². The molecule has 1 fully saturated rings. The summed E-state index contributed by atoms with van der Waals surface area (Å²) in [4.78, 5) is 36.0. The van der Waals surface area contributed by atoms with Crippen LogP contribution in [0.5, 0.6) is 0 Å². The maximum atomic E-state index is 11.9. The highest BCUT2D eigenvalue weighted by Gasteiger charge is 2.37. The third kappa shape index (κ3) is 2.12. The van der Waals surface area contributed by atoms with Crippen LogP contribution in [0.4, 0.5) is 4.79 Å². The number of carbonyl (C=O) groups excluding carboxylic acids is 3. The van der Waals surface area contributed by atoms with E-state index in [1.807, 2.05) is 18.2 Å². The molecule has 0 aromatic heterocycles. The van der Waals surface area contributed by atoms with Crippen molar-refractivity contribution in [2.24, 2.45) is 0 Å². The molecule has 98 valence electrons. The van der Waals surface area contributed by atoms with Crippen molar-refractivity contribution in [2.45, 2.75) is 31.7 Å². The van der Waals surface area contributed by atoms with Crippen molar-refractivity contribution in [2.75, 3.05) is 0 Å². The van der Waals surface area contributed by atoms with Crippen molar-refractivity contribution in [3.05, 3.63) is 35.4 Å². The van der Waals surface area contributed by atoms with E-state index in [0.717, 1.165) is 12.8 Å². The summed E-state index contributed by atoms with van der Waals surface area (Å²) in [6, 6.07) is 7.34. The zero-order chi connectivity index (χ0) is 13.4. The summed E-state index contributed by atoms with van der Waals surface area (Å²) in [7, 11) is 0. The first kappa shape index (κ1) is 11.9. The van der Waals surface area contributed by atoms with Gasteiger partial charge in [-0.3, -0.25) is 19.8 Å². The normalized spacial score (nSPS) is 23.1. The van der Waals surface area contributed by atoms with Crippen LogP contribution in [0.15, 0.2) is 24.3 Å². The second-order valence-electron chi connectivity index (χ2n) is 4.96. The van der Waals surface area contributed by atoms with Crippen LogP contribution in [0.25, 0.3) is 0 Å². The van der Waals surface area contributed by atoms with E-state index in [-0.39, 0.29) is 12.5 Å². The molecule has 19 heavy (non-hydrogen) atoms. The van der Waals surface area contributed by atoms with Gasteiger partial charge in [-0.15, -0.1) is 0 Å². The number of amides is 4. The largest absolute Gasteiger partial charge is 0.331 e. The number of rotatable bonds is 1. The van der Waals surface area contributed by atoms with E-state index < -0.39 is 17.8 Å². The lowest BCUT2D eigenvalue weighted by atomic mass is 9.87. The number of hydrogen-bond acceptors (Lipinski definition) is 3. The lowest BCUT2D eigenvalue weighted by molar-refractivity contribution is -0.137. The average molecular weight is 258 g/mol. The molecule has 0 saturated carbocycles. The van der Waals surface area contributed by atoms with E-state index in [9.17, 15) is 14.4 Å². The molecule has 1 heterocycles. The van der Waals surface area contributed by atoms with E-state index in [1.165, 1.54) is 16.0 Å². The average Bonchev–Trinajstić information content (AvgIpc) is 2.37. The molecule has 1 aliphatic heterocycles. The third-order valence-electron chi connectivity index (χ3n) is 3.73. The number of urea groups is 1. The van der Waals surface area contributed by atoms with Gasteiger partial charge in [-0.25, -0.2) is 4.79 Å². The molecule has 1 aromatic carbocycles. The first-order chi connectivity index (χ1) is 9.15. The van der Waals surface area contributed by atoms with Crippen LogP contribution in [0.3, 0.4) is 0 Å². The fourth-order valence-corrected chi connectivity index (χ4v) is 2.83. The molecule has 0 radical (unpaired) electrons. The number of barbiturate groups is 1. The van der Waals surface area contributed by atoms with Gasteiger partial charge in [-0.2, -0.15) is 0 Å². The number of fused-ring (bicyclic) bond motifs is 1. The van der Waals surface area contributed by atoms with E-state index in [4.69, 9.17) is 0 Å². The second kappa shape index (κ2) is 4.50. The fraction of sp³-hybridized carbons (Fsp3) is 0.357. The van der Waals surface area contributed by atoms with Crippen molar-refractivity contribution >= 4 is 17.8 Å². The molecule has 4 amide bonds. The molecule has 1 aromatic rings. The number of carbonyl (C=O) groups is 3. The first-order valence-corrected chi connectivity index (χ1v) is 6.38. The van der Waals surface area contributed by atoms with E-state index in [1.54, 1.807) is 0 Å². The quantitative estimate of drug-likeness (QED) is 0.764. The molecule has 0 bridgehead atoms. The lowest BCUT2D eigenvalue weighted by Gasteiger charge is -2.35. The van der Waals surface area contributed by atoms with E-state index in [0.29, 0.717) is 6.42 Å². The number of nitrogens with zero attached hydrogens (tertiary/aromatic N) is 1. The minimum absolute atomic E-state index is 0.143. The Balaban J connectivity index is 1.83. The van der Waals surface area contributed by atoms with Gasteiger partial charge in [0.25, 0.3) is 0 Å². The molecule has 0 spiro atoms. The minimum Gasteiger partial charge on any atom is -0.277 e. The van der Waals surface area contributed by atoms with Gasteiger partial charge >= 0.3 is 6.03 Å².